The first-order valence-corrected chi connectivity index (χ1v) is 6.44. The number of aldehydes is 1. The molecule has 0 spiro atoms. The lowest BCUT2D eigenvalue weighted by Crippen LogP contribution is -1.92. The summed E-state index contributed by atoms with van der Waals surface area (Å²) in [6.07, 6.45) is 1.72. The van der Waals surface area contributed by atoms with Crippen LogP contribution in [-0.2, 0) is 6.42 Å². The van der Waals surface area contributed by atoms with Crippen molar-refractivity contribution in [3.8, 4) is 11.1 Å². The molecule has 0 atom stereocenters. The summed E-state index contributed by atoms with van der Waals surface area (Å²) in [5.74, 6) is 0. The number of carbonyl (C=O) groups excluding carboxylic acids is 1. The van der Waals surface area contributed by atoms with Gasteiger partial charge in [-0.2, -0.15) is 0 Å². The van der Waals surface area contributed by atoms with E-state index in [1.165, 1.54) is 0 Å². The summed E-state index contributed by atoms with van der Waals surface area (Å²) in [7, 11) is 0. The second-order valence-corrected chi connectivity index (χ2v) is 4.85. The van der Waals surface area contributed by atoms with Gasteiger partial charge in [-0.05, 0) is 35.7 Å². The van der Waals surface area contributed by atoms with Gasteiger partial charge in [0.1, 0.15) is 6.29 Å². The standard InChI is InChI=1S/C15H12Cl2O/c1-2-10-3-4-11(7-12(10)9-18)14-6-5-13(16)8-15(14)17/h3-9H,2H2,1H3. The topological polar surface area (TPSA) is 17.1 Å². The van der Waals surface area contributed by atoms with Crippen molar-refractivity contribution < 1.29 is 4.79 Å². The summed E-state index contributed by atoms with van der Waals surface area (Å²) < 4.78 is 0. The van der Waals surface area contributed by atoms with E-state index in [0.717, 1.165) is 29.4 Å². The van der Waals surface area contributed by atoms with E-state index in [1.54, 1.807) is 12.1 Å². The molecule has 0 aromatic heterocycles. The second kappa shape index (κ2) is 5.55. The Morgan fingerprint density at radius 1 is 1.11 bits per heavy atom. The van der Waals surface area contributed by atoms with Crippen LogP contribution >= 0.6 is 23.2 Å². The molecule has 0 fully saturated rings. The zero-order valence-electron chi connectivity index (χ0n) is 9.91. The third-order valence-electron chi connectivity index (χ3n) is 2.90. The maximum Gasteiger partial charge on any atom is 0.150 e. The molecular weight excluding hydrogens is 267 g/mol. The van der Waals surface area contributed by atoms with Gasteiger partial charge in [0.05, 0.1) is 0 Å². The highest BCUT2D eigenvalue weighted by Gasteiger charge is 2.07. The molecule has 0 saturated heterocycles. The zero-order valence-corrected chi connectivity index (χ0v) is 11.4. The second-order valence-electron chi connectivity index (χ2n) is 4.01. The Morgan fingerprint density at radius 3 is 2.50 bits per heavy atom. The van der Waals surface area contributed by atoms with E-state index in [4.69, 9.17) is 23.2 Å². The van der Waals surface area contributed by atoms with Crippen LogP contribution in [0.5, 0.6) is 0 Å². The summed E-state index contributed by atoms with van der Waals surface area (Å²) in [5.41, 5.74) is 3.56. The largest absolute Gasteiger partial charge is 0.298 e. The highest BCUT2D eigenvalue weighted by atomic mass is 35.5. The number of hydrogen-bond acceptors (Lipinski definition) is 1. The molecular formula is C15H12Cl2O. The van der Waals surface area contributed by atoms with Crippen LogP contribution in [0, 0.1) is 0 Å². The smallest absolute Gasteiger partial charge is 0.150 e. The van der Waals surface area contributed by atoms with Gasteiger partial charge in [0, 0.05) is 21.2 Å². The van der Waals surface area contributed by atoms with Crippen molar-refractivity contribution >= 4 is 29.5 Å². The van der Waals surface area contributed by atoms with Crippen LogP contribution in [0.2, 0.25) is 10.0 Å². The maximum absolute atomic E-state index is 11.1. The molecule has 1 nitrogen and oxygen atoms in total. The minimum absolute atomic E-state index is 0.587. The van der Waals surface area contributed by atoms with Crippen LogP contribution in [0.4, 0.5) is 0 Å². The van der Waals surface area contributed by atoms with Gasteiger partial charge in [0.25, 0.3) is 0 Å². The fourth-order valence-corrected chi connectivity index (χ4v) is 2.44. The van der Waals surface area contributed by atoms with E-state index in [2.05, 4.69) is 0 Å². The third-order valence-corrected chi connectivity index (χ3v) is 3.44. The lowest BCUT2D eigenvalue weighted by atomic mass is 9.98. The SMILES string of the molecule is CCc1ccc(-c2ccc(Cl)cc2Cl)cc1C=O. The molecule has 0 aliphatic rings. The number of hydrogen-bond donors (Lipinski definition) is 0. The van der Waals surface area contributed by atoms with Gasteiger partial charge in [-0.15, -0.1) is 0 Å². The summed E-state index contributed by atoms with van der Waals surface area (Å²) in [4.78, 5) is 11.1. The molecule has 18 heavy (non-hydrogen) atoms. The van der Waals surface area contributed by atoms with Crippen LogP contribution in [0.25, 0.3) is 11.1 Å². The van der Waals surface area contributed by atoms with Crippen molar-refractivity contribution in [3.05, 3.63) is 57.6 Å². The summed E-state index contributed by atoms with van der Waals surface area (Å²) in [5, 5.41) is 1.19. The Balaban J connectivity index is 2.54. The van der Waals surface area contributed by atoms with Crippen molar-refractivity contribution in [2.45, 2.75) is 13.3 Å². The van der Waals surface area contributed by atoms with Crippen molar-refractivity contribution in [1.82, 2.24) is 0 Å². The van der Waals surface area contributed by atoms with E-state index in [1.807, 2.05) is 31.2 Å². The maximum atomic E-state index is 11.1. The molecule has 0 saturated carbocycles. The summed E-state index contributed by atoms with van der Waals surface area (Å²) in [6, 6.07) is 11.1. The first-order chi connectivity index (χ1) is 8.65. The van der Waals surface area contributed by atoms with E-state index < -0.39 is 0 Å². The average Bonchev–Trinajstić information content (AvgIpc) is 2.38. The Hall–Kier alpha value is -1.31. The Morgan fingerprint density at radius 2 is 1.89 bits per heavy atom. The highest BCUT2D eigenvalue weighted by Crippen LogP contribution is 2.31. The van der Waals surface area contributed by atoms with Gasteiger partial charge in [-0.3, -0.25) is 4.79 Å². The fraction of sp³-hybridized carbons (Fsp3) is 0.133. The van der Waals surface area contributed by atoms with Crippen LogP contribution in [0.3, 0.4) is 0 Å². The molecule has 2 aromatic rings. The van der Waals surface area contributed by atoms with E-state index in [-0.39, 0.29) is 0 Å². The highest BCUT2D eigenvalue weighted by molar-refractivity contribution is 6.36. The minimum atomic E-state index is 0.587. The summed E-state index contributed by atoms with van der Waals surface area (Å²) >= 11 is 12.0. The lowest BCUT2D eigenvalue weighted by Gasteiger charge is -2.08. The quantitative estimate of drug-likeness (QED) is 0.720. The van der Waals surface area contributed by atoms with Crippen molar-refractivity contribution in [3.63, 3.8) is 0 Å². The molecule has 3 heteroatoms. The third kappa shape index (κ3) is 2.58. The zero-order chi connectivity index (χ0) is 13.1. The molecule has 0 bridgehead atoms. The first-order valence-electron chi connectivity index (χ1n) is 5.69. The number of aryl methyl sites for hydroxylation is 1. The van der Waals surface area contributed by atoms with Gasteiger partial charge in [-0.25, -0.2) is 0 Å². The van der Waals surface area contributed by atoms with E-state index in [9.17, 15) is 4.79 Å². The minimum Gasteiger partial charge on any atom is -0.298 e. The number of halogens is 2. The monoisotopic (exact) mass is 278 g/mol. The summed E-state index contributed by atoms with van der Waals surface area (Å²) in [6.45, 7) is 2.03. The molecule has 0 N–H and O–H groups in total. The number of rotatable bonds is 3. The molecule has 0 unspecified atom stereocenters. The fourth-order valence-electron chi connectivity index (χ4n) is 1.92. The predicted octanol–water partition coefficient (Wildman–Crippen LogP) is 5.04. The van der Waals surface area contributed by atoms with Gasteiger partial charge < -0.3 is 0 Å². The lowest BCUT2D eigenvalue weighted by molar-refractivity contribution is 0.112. The molecule has 0 radical (unpaired) electrons. The molecule has 0 amide bonds. The van der Waals surface area contributed by atoms with Crippen molar-refractivity contribution in [2.75, 3.05) is 0 Å². The Labute approximate surface area is 116 Å². The number of benzene rings is 2. The normalized spacial score (nSPS) is 10.4. The van der Waals surface area contributed by atoms with Crippen LogP contribution in [0.1, 0.15) is 22.8 Å². The average molecular weight is 279 g/mol. The molecule has 92 valence electrons. The molecule has 0 heterocycles. The van der Waals surface area contributed by atoms with Crippen molar-refractivity contribution in [2.24, 2.45) is 0 Å². The Bertz CT molecular complexity index is 591. The van der Waals surface area contributed by atoms with Gasteiger partial charge >= 0.3 is 0 Å². The Kier molecular flexibility index (Phi) is 4.05. The first kappa shape index (κ1) is 13.1. The van der Waals surface area contributed by atoms with Gasteiger partial charge in [0.15, 0.2) is 0 Å². The van der Waals surface area contributed by atoms with Crippen LogP contribution in [-0.4, -0.2) is 6.29 Å². The van der Waals surface area contributed by atoms with Gasteiger partial charge in [0.2, 0.25) is 0 Å². The molecule has 2 aromatic carbocycles. The van der Waals surface area contributed by atoms with Crippen LogP contribution < -0.4 is 0 Å². The van der Waals surface area contributed by atoms with E-state index in [0.29, 0.717) is 15.6 Å². The number of carbonyl (C=O) groups is 1. The van der Waals surface area contributed by atoms with Crippen LogP contribution in [0.15, 0.2) is 36.4 Å². The molecule has 0 aliphatic carbocycles. The van der Waals surface area contributed by atoms with Crippen molar-refractivity contribution in [1.29, 1.82) is 0 Å². The molecule has 0 aliphatic heterocycles. The molecule has 2 rings (SSSR count). The predicted molar refractivity (Wildman–Crippen MR) is 76.7 cm³/mol. The van der Waals surface area contributed by atoms with Gasteiger partial charge in [-0.1, -0.05) is 48.3 Å². The van der Waals surface area contributed by atoms with E-state index >= 15 is 0 Å².